The summed E-state index contributed by atoms with van der Waals surface area (Å²) in [6, 6.07) is 8.68. The van der Waals surface area contributed by atoms with Gasteiger partial charge in [0, 0.05) is 17.2 Å². The van der Waals surface area contributed by atoms with Crippen LogP contribution in [-0.2, 0) is 0 Å². The van der Waals surface area contributed by atoms with Crippen LogP contribution in [0.5, 0.6) is 5.75 Å². The second-order valence-corrected chi connectivity index (χ2v) is 7.73. The molecule has 5 rings (SSSR count). The van der Waals surface area contributed by atoms with E-state index in [0.29, 0.717) is 39.3 Å². The molecule has 3 aromatic rings. The minimum atomic E-state index is -0.323. The number of aromatic nitrogens is 1. The lowest BCUT2D eigenvalue weighted by Crippen LogP contribution is -2.02. The topological polar surface area (TPSA) is 48.5 Å². The van der Waals surface area contributed by atoms with Crippen LogP contribution in [-0.4, -0.2) is 0 Å². The number of fused-ring (bicyclic) bond motifs is 2. The maximum Gasteiger partial charge on any atom is 0.372 e. The van der Waals surface area contributed by atoms with Gasteiger partial charge in [0.2, 0.25) is 5.58 Å². The lowest BCUT2D eigenvalue weighted by molar-refractivity contribution is -0.357. The number of oxazole rings is 1. The van der Waals surface area contributed by atoms with Gasteiger partial charge in [-0.2, -0.15) is 4.98 Å². The van der Waals surface area contributed by atoms with E-state index in [4.69, 9.17) is 20.8 Å². The molecule has 2 N–H and O–H groups in total. The van der Waals surface area contributed by atoms with Gasteiger partial charge < -0.3 is 14.5 Å². The zero-order chi connectivity index (χ0) is 21.4. The fourth-order valence-corrected chi connectivity index (χ4v) is 3.96. The van der Waals surface area contributed by atoms with Crippen molar-refractivity contribution in [2.24, 2.45) is 0 Å². The van der Waals surface area contributed by atoms with Gasteiger partial charge in [0.05, 0.1) is 11.8 Å². The number of nitrogens with one attached hydrogen (secondary N) is 2. The number of H-pyrrole nitrogens is 1. The summed E-state index contributed by atoms with van der Waals surface area (Å²) in [5.41, 5.74) is 3.76. The second-order valence-electron chi connectivity index (χ2n) is 7.35. The normalized spacial score (nSPS) is 18.8. The van der Waals surface area contributed by atoms with Crippen LogP contribution in [0.25, 0.3) is 17.2 Å². The molecule has 1 aromatic heterocycles. The third-order valence-corrected chi connectivity index (χ3v) is 5.65. The van der Waals surface area contributed by atoms with Crippen molar-refractivity contribution in [1.29, 1.82) is 0 Å². The molecular weight excluding hydrogens is 422 g/mol. The summed E-state index contributed by atoms with van der Waals surface area (Å²) in [5, 5.41) is 3.73. The summed E-state index contributed by atoms with van der Waals surface area (Å²) in [4.78, 5) is 3.04. The Kier molecular flexibility index (Phi) is 5.08. The summed E-state index contributed by atoms with van der Waals surface area (Å²) in [7, 11) is 0. The Morgan fingerprint density at radius 1 is 1.00 bits per heavy atom. The molecule has 0 bridgehead atoms. The molecule has 0 fully saturated rings. The highest BCUT2D eigenvalue weighted by Gasteiger charge is 2.18. The standard InChI is InChI=1S/C24H17ClF2N2O2/c25-24-14(4-10-22-28-18-12-16(26)6-8-20(18)30-22)2-1-3-15(24)5-11-23-29-19-13-17(27)7-9-21(19)31-23/h4-13,28H,1-3H2/p+1/b11-5+,14-4+,22-10-. The van der Waals surface area contributed by atoms with Crippen LogP contribution in [0.2, 0.25) is 0 Å². The number of halogens is 3. The number of anilines is 1. The molecule has 31 heavy (non-hydrogen) atoms. The Balaban J connectivity index is 1.35. The maximum absolute atomic E-state index is 13.4. The second kappa shape index (κ2) is 8.04. The molecule has 0 atom stereocenters. The third-order valence-electron chi connectivity index (χ3n) is 5.17. The molecule has 0 saturated heterocycles. The fourth-order valence-electron chi connectivity index (χ4n) is 3.64. The van der Waals surface area contributed by atoms with Gasteiger partial charge in [0.1, 0.15) is 11.6 Å². The van der Waals surface area contributed by atoms with Crippen molar-refractivity contribution in [2.75, 3.05) is 5.32 Å². The van der Waals surface area contributed by atoms with Crippen LogP contribution in [0.15, 0.2) is 81.1 Å². The summed E-state index contributed by atoms with van der Waals surface area (Å²) < 4.78 is 38.1. The van der Waals surface area contributed by atoms with Gasteiger partial charge in [-0.3, -0.25) is 0 Å². The van der Waals surface area contributed by atoms with Crippen molar-refractivity contribution < 1.29 is 22.9 Å². The first-order valence-corrected chi connectivity index (χ1v) is 10.3. The fraction of sp³-hybridized carbons (Fsp3) is 0.125. The monoisotopic (exact) mass is 439 g/mol. The van der Waals surface area contributed by atoms with Gasteiger partial charge >= 0.3 is 5.89 Å². The highest BCUT2D eigenvalue weighted by atomic mass is 35.5. The minimum Gasteiger partial charge on any atom is -0.439 e. The van der Waals surface area contributed by atoms with Gasteiger partial charge in [-0.25, -0.2) is 8.78 Å². The van der Waals surface area contributed by atoms with Gasteiger partial charge in [-0.05, 0) is 66.8 Å². The summed E-state index contributed by atoms with van der Waals surface area (Å²) in [5.74, 6) is 0.975. The van der Waals surface area contributed by atoms with Crippen molar-refractivity contribution in [2.45, 2.75) is 19.3 Å². The van der Waals surface area contributed by atoms with Crippen LogP contribution in [0.1, 0.15) is 25.2 Å². The van der Waals surface area contributed by atoms with Crippen LogP contribution < -0.4 is 15.0 Å². The van der Waals surface area contributed by atoms with Crippen LogP contribution in [0.3, 0.4) is 0 Å². The van der Waals surface area contributed by atoms with Crippen LogP contribution in [0.4, 0.5) is 14.5 Å². The number of hydrogen-bond donors (Lipinski definition) is 1. The average Bonchev–Trinajstić information content (AvgIpc) is 3.34. The Labute approximate surface area is 182 Å². The molecule has 2 aliphatic rings. The van der Waals surface area contributed by atoms with Crippen molar-refractivity contribution in [3.63, 3.8) is 0 Å². The van der Waals surface area contributed by atoms with E-state index in [9.17, 15) is 8.78 Å². The molecule has 7 heteroatoms. The molecule has 4 nitrogen and oxygen atoms in total. The summed E-state index contributed by atoms with van der Waals surface area (Å²) in [6.07, 6.45) is 10.1. The Morgan fingerprint density at radius 2 is 1.84 bits per heavy atom. The SMILES string of the molecule is Fc1ccc2c(c1)N/C(=C/C=C1\CCCC(/C=C/c3[nH+]c4cc(F)ccc4o3)=C1Cl)O2. The molecule has 1 aliphatic heterocycles. The minimum absolute atomic E-state index is 0.323. The maximum atomic E-state index is 13.4. The van der Waals surface area contributed by atoms with Gasteiger partial charge in [-0.1, -0.05) is 17.7 Å². The quantitative estimate of drug-likeness (QED) is 0.507. The van der Waals surface area contributed by atoms with E-state index in [-0.39, 0.29) is 11.6 Å². The molecule has 2 aromatic carbocycles. The third kappa shape index (κ3) is 4.11. The van der Waals surface area contributed by atoms with Gasteiger partial charge in [0.15, 0.2) is 11.6 Å². The molecule has 156 valence electrons. The number of hydrogen-bond acceptors (Lipinski definition) is 3. The number of allylic oxidation sites excluding steroid dienone is 6. The number of aromatic amines is 1. The van der Waals surface area contributed by atoms with Gasteiger partial charge in [-0.15, -0.1) is 0 Å². The molecule has 0 saturated carbocycles. The first-order valence-electron chi connectivity index (χ1n) is 9.89. The predicted molar refractivity (Wildman–Crippen MR) is 115 cm³/mol. The zero-order valence-corrected chi connectivity index (χ0v) is 17.1. The highest BCUT2D eigenvalue weighted by molar-refractivity contribution is 6.32. The van der Waals surface area contributed by atoms with E-state index in [1.807, 2.05) is 12.2 Å². The van der Waals surface area contributed by atoms with E-state index in [1.54, 1.807) is 24.3 Å². The van der Waals surface area contributed by atoms with Crippen molar-refractivity contribution >= 4 is 34.5 Å². The molecular formula is C24H18ClF2N2O2+. The summed E-state index contributed by atoms with van der Waals surface area (Å²) >= 11 is 6.64. The largest absolute Gasteiger partial charge is 0.439 e. The Hall–Kier alpha value is -3.38. The van der Waals surface area contributed by atoms with E-state index in [2.05, 4.69) is 10.3 Å². The zero-order valence-electron chi connectivity index (χ0n) is 16.3. The lowest BCUT2D eigenvalue weighted by Gasteiger charge is -2.16. The lowest BCUT2D eigenvalue weighted by atomic mass is 9.94. The van der Waals surface area contributed by atoms with E-state index in [1.165, 1.54) is 24.3 Å². The van der Waals surface area contributed by atoms with Crippen LogP contribution >= 0.6 is 11.6 Å². The number of ether oxygens (including phenoxy) is 1. The smallest absolute Gasteiger partial charge is 0.372 e. The van der Waals surface area contributed by atoms with E-state index >= 15 is 0 Å². The molecule has 0 unspecified atom stereocenters. The molecule has 1 aliphatic carbocycles. The van der Waals surface area contributed by atoms with Crippen molar-refractivity contribution in [1.82, 2.24) is 0 Å². The number of rotatable bonds is 3. The van der Waals surface area contributed by atoms with E-state index < -0.39 is 0 Å². The summed E-state index contributed by atoms with van der Waals surface area (Å²) in [6.45, 7) is 0. The van der Waals surface area contributed by atoms with Crippen molar-refractivity contribution in [3.05, 3.63) is 94.2 Å². The highest BCUT2D eigenvalue weighted by Crippen LogP contribution is 2.36. The molecule has 0 amide bonds. The number of benzene rings is 2. The predicted octanol–water partition coefficient (Wildman–Crippen LogP) is 6.49. The van der Waals surface area contributed by atoms with Crippen LogP contribution in [0, 0.1) is 11.6 Å². The first kappa shape index (κ1) is 19.6. The van der Waals surface area contributed by atoms with Gasteiger partial charge in [0.25, 0.3) is 5.52 Å². The molecule has 2 heterocycles. The molecule has 0 spiro atoms. The van der Waals surface area contributed by atoms with Crippen molar-refractivity contribution in [3.8, 4) is 5.75 Å². The average molecular weight is 440 g/mol. The van der Waals surface area contributed by atoms with E-state index in [0.717, 1.165) is 30.4 Å². The first-order chi connectivity index (χ1) is 15.0. The Morgan fingerprint density at radius 3 is 2.74 bits per heavy atom. The molecule has 0 radical (unpaired) electrons. The Bertz CT molecular complexity index is 1300.